The van der Waals surface area contributed by atoms with Gasteiger partial charge < -0.3 is 15.0 Å². The van der Waals surface area contributed by atoms with Crippen molar-refractivity contribution in [2.75, 3.05) is 13.1 Å². The number of nitrogens with one attached hydrogen (secondary N) is 2. The molecular formula is C32H36N2O. The molecular weight excluding hydrogens is 428 g/mol. The Hall–Kier alpha value is -2.88. The van der Waals surface area contributed by atoms with Crippen molar-refractivity contribution < 1.29 is 4.74 Å². The molecule has 2 atom stereocenters. The summed E-state index contributed by atoms with van der Waals surface area (Å²) in [6.07, 6.45) is 4.65. The van der Waals surface area contributed by atoms with Crippen LogP contribution in [-0.4, -0.2) is 24.2 Å². The Balaban J connectivity index is 1.56. The fourth-order valence-electron chi connectivity index (χ4n) is 6.81. The van der Waals surface area contributed by atoms with Gasteiger partial charge in [0, 0.05) is 22.2 Å². The first kappa shape index (κ1) is 22.6. The van der Waals surface area contributed by atoms with Crippen LogP contribution in [0, 0.1) is 6.92 Å². The predicted octanol–water partition coefficient (Wildman–Crippen LogP) is 7.25. The average molecular weight is 465 g/mol. The van der Waals surface area contributed by atoms with Crippen molar-refractivity contribution in [1.29, 1.82) is 0 Å². The van der Waals surface area contributed by atoms with Crippen LogP contribution in [0.3, 0.4) is 0 Å². The summed E-state index contributed by atoms with van der Waals surface area (Å²) < 4.78 is 6.95. The third kappa shape index (κ3) is 3.82. The number of H-pyrrole nitrogens is 1. The van der Waals surface area contributed by atoms with E-state index < -0.39 is 0 Å². The number of rotatable bonds is 5. The average Bonchev–Trinajstić information content (AvgIpc) is 3.28. The maximum atomic E-state index is 6.95. The van der Waals surface area contributed by atoms with Gasteiger partial charge in [-0.1, -0.05) is 85.6 Å². The molecule has 3 heterocycles. The number of aromatic amines is 1. The molecule has 1 aromatic heterocycles. The van der Waals surface area contributed by atoms with E-state index in [-0.39, 0.29) is 11.5 Å². The van der Waals surface area contributed by atoms with Gasteiger partial charge in [0.25, 0.3) is 0 Å². The van der Waals surface area contributed by atoms with Gasteiger partial charge in [-0.2, -0.15) is 0 Å². The van der Waals surface area contributed by atoms with Gasteiger partial charge in [0.05, 0.1) is 18.4 Å². The molecule has 0 radical (unpaired) electrons. The maximum absolute atomic E-state index is 6.95. The van der Waals surface area contributed by atoms with Crippen molar-refractivity contribution in [3.63, 3.8) is 0 Å². The smallest absolute Gasteiger partial charge is 0.0746 e. The SMILES string of the molecule is CCCC(c1c(-c2ccc(C)cc2)[nH]c2ccccc12)C1OCc2ccccc2C12CCNCC2. The molecule has 1 saturated heterocycles. The number of benzene rings is 3. The van der Waals surface area contributed by atoms with E-state index >= 15 is 0 Å². The molecule has 1 fully saturated rings. The van der Waals surface area contributed by atoms with E-state index in [4.69, 9.17) is 4.74 Å². The number of aromatic nitrogens is 1. The Bertz CT molecular complexity index is 1310. The first-order valence-electron chi connectivity index (χ1n) is 13.3. The highest BCUT2D eigenvalue weighted by Crippen LogP contribution is 2.51. The summed E-state index contributed by atoms with van der Waals surface area (Å²) in [4.78, 5) is 3.82. The van der Waals surface area contributed by atoms with Crippen LogP contribution < -0.4 is 5.32 Å². The zero-order chi connectivity index (χ0) is 23.8. The molecule has 2 unspecified atom stereocenters. The summed E-state index contributed by atoms with van der Waals surface area (Å²) in [6, 6.07) is 26.9. The molecule has 2 aliphatic heterocycles. The standard InChI is InChI=1S/C32H36N2O/c1-3-8-26(31-32(17-19-33-20-18-32)27-11-6-4-9-24(27)21-35-31)29-25-10-5-7-12-28(25)34-30(29)23-15-13-22(2)14-16-23/h4-7,9-16,26,31,33-34H,3,8,17-21H2,1-2H3. The van der Waals surface area contributed by atoms with Crippen LogP contribution in [0.2, 0.25) is 0 Å². The zero-order valence-electron chi connectivity index (χ0n) is 20.9. The number of hydrogen-bond donors (Lipinski definition) is 2. The highest BCUT2D eigenvalue weighted by atomic mass is 16.5. The van der Waals surface area contributed by atoms with Crippen molar-refractivity contribution in [2.45, 2.75) is 63.6 Å². The Morgan fingerprint density at radius 1 is 0.943 bits per heavy atom. The lowest BCUT2D eigenvalue weighted by Gasteiger charge is -2.50. The van der Waals surface area contributed by atoms with Gasteiger partial charge in [0.15, 0.2) is 0 Å². The van der Waals surface area contributed by atoms with Gasteiger partial charge in [-0.15, -0.1) is 0 Å². The van der Waals surface area contributed by atoms with Gasteiger partial charge in [-0.05, 0) is 67.6 Å². The molecule has 2 N–H and O–H groups in total. The minimum Gasteiger partial charge on any atom is -0.372 e. The van der Waals surface area contributed by atoms with Gasteiger partial charge in [0.1, 0.15) is 0 Å². The number of ether oxygens (including phenoxy) is 1. The quantitative estimate of drug-likeness (QED) is 0.326. The minimum atomic E-state index is 0.0445. The third-order valence-corrected chi connectivity index (χ3v) is 8.43. The van der Waals surface area contributed by atoms with Gasteiger partial charge >= 0.3 is 0 Å². The van der Waals surface area contributed by atoms with E-state index in [1.54, 1.807) is 0 Å². The van der Waals surface area contributed by atoms with E-state index in [1.807, 2.05) is 0 Å². The lowest BCUT2D eigenvalue weighted by Crippen LogP contribution is -2.53. The van der Waals surface area contributed by atoms with Crippen LogP contribution in [0.15, 0.2) is 72.8 Å². The van der Waals surface area contributed by atoms with Crippen LogP contribution in [0.1, 0.15) is 60.8 Å². The van der Waals surface area contributed by atoms with E-state index in [0.29, 0.717) is 12.5 Å². The molecule has 3 aromatic carbocycles. The Labute approximate surface area is 208 Å². The molecule has 3 nitrogen and oxygen atoms in total. The van der Waals surface area contributed by atoms with E-state index in [2.05, 4.69) is 96.9 Å². The van der Waals surface area contributed by atoms with Crippen LogP contribution >= 0.6 is 0 Å². The van der Waals surface area contributed by atoms with Crippen molar-refractivity contribution in [1.82, 2.24) is 10.3 Å². The van der Waals surface area contributed by atoms with Crippen molar-refractivity contribution in [3.8, 4) is 11.3 Å². The van der Waals surface area contributed by atoms with Gasteiger partial charge in [-0.25, -0.2) is 0 Å². The van der Waals surface area contributed by atoms with Crippen molar-refractivity contribution >= 4 is 10.9 Å². The molecule has 0 amide bonds. The Kier molecular flexibility index (Phi) is 5.99. The van der Waals surface area contributed by atoms with Crippen LogP contribution in [0.25, 0.3) is 22.2 Å². The molecule has 35 heavy (non-hydrogen) atoms. The normalized spacial score (nSPS) is 20.1. The summed E-state index contributed by atoms with van der Waals surface area (Å²) in [5.41, 5.74) is 9.41. The Morgan fingerprint density at radius 2 is 1.69 bits per heavy atom. The molecule has 180 valence electrons. The lowest BCUT2D eigenvalue weighted by molar-refractivity contribution is -0.0604. The summed E-state index contributed by atoms with van der Waals surface area (Å²) in [5, 5.41) is 4.96. The molecule has 4 aromatic rings. The third-order valence-electron chi connectivity index (χ3n) is 8.43. The first-order chi connectivity index (χ1) is 17.2. The summed E-state index contributed by atoms with van der Waals surface area (Å²) in [5.74, 6) is 0.318. The Morgan fingerprint density at radius 3 is 2.49 bits per heavy atom. The second-order valence-electron chi connectivity index (χ2n) is 10.5. The first-order valence-corrected chi connectivity index (χ1v) is 13.3. The van der Waals surface area contributed by atoms with Crippen LogP contribution in [0.4, 0.5) is 0 Å². The molecule has 1 spiro atoms. The largest absolute Gasteiger partial charge is 0.372 e. The fraction of sp³-hybridized carbons (Fsp3) is 0.375. The molecule has 0 bridgehead atoms. The van der Waals surface area contributed by atoms with E-state index in [9.17, 15) is 0 Å². The van der Waals surface area contributed by atoms with Crippen molar-refractivity contribution in [2.24, 2.45) is 0 Å². The maximum Gasteiger partial charge on any atom is 0.0746 e. The second kappa shape index (κ2) is 9.29. The molecule has 2 aliphatic rings. The topological polar surface area (TPSA) is 37.0 Å². The predicted molar refractivity (Wildman–Crippen MR) is 145 cm³/mol. The molecule has 0 aliphatic carbocycles. The van der Waals surface area contributed by atoms with Crippen molar-refractivity contribution in [3.05, 3.63) is 95.1 Å². The van der Waals surface area contributed by atoms with Crippen LogP contribution in [0.5, 0.6) is 0 Å². The summed E-state index contributed by atoms with van der Waals surface area (Å²) >= 11 is 0. The monoisotopic (exact) mass is 464 g/mol. The molecule has 6 rings (SSSR count). The van der Waals surface area contributed by atoms with Gasteiger partial charge in [0.2, 0.25) is 0 Å². The molecule has 0 saturated carbocycles. The number of piperidine rings is 1. The van der Waals surface area contributed by atoms with E-state index in [1.165, 1.54) is 44.4 Å². The lowest BCUT2D eigenvalue weighted by atomic mass is 9.62. The summed E-state index contributed by atoms with van der Waals surface area (Å²) in [7, 11) is 0. The number of para-hydroxylation sites is 1. The summed E-state index contributed by atoms with van der Waals surface area (Å²) in [6.45, 7) is 7.28. The molecule has 3 heteroatoms. The van der Waals surface area contributed by atoms with Gasteiger partial charge in [-0.3, -0.25) is 0 Å². The number of fused-ring (bicyclic) bond motifs is 3. The van der Waals surface area contributed by atoms with Crippen LogP contribution in [-0.2, 0) is 16.8 Å². The second-order valence-corrected chi connectivity index (χ2v) is 10.5. The highest BCUT2D eigenvalue weighted by molar-refractivity contribution is 5.91. The zero-order valence-corrected chi connectivity index (χ0v) is 20.9. The number of hydrogen-bond acceptors (Lipinski definition) is 2. The van der Waals surface area contributed by atoms with E-state index in [0.717, 1.165) is 38.8 Å². The number of aryl methyl sites for hydroxylation is 1. The fourth-order valence-corrected chi connectivity index (χ4v) is 6.81. The highest BCUT2D eigenvalue weighted by Gasteiger charge is 2.49. The minimum absolute atomic E-state index is 0.0445.